The van der Waals surface area contributed by atoms with Crippen molar-refractivity contribution in [1.29, 1.82) is 0 Å². The number of hydrogen-bond acceptors (Lipinski definition) is 3. The molecule has 0 spiro atoms. The fourth-order valence-electron chi connectivity index (χ4n) is 2.12. The van der Waals surface area contributed by atoms with Crippen molar-refractivity contribution < 1.29 is 0 Å². The van der Waals surface area contributed by atoms with Gasteiger partial charge in [0, 0.05) is 36.0 Å². The second kappa shape index (κ2) is 6.83. The van der Waals surface area contributed by atoms with Crippen molar-refractivity contribution in [1.82, 2.24) is 10.3 Å². The smallest absolute Gasteiger partial charge is 0.0934 e. The zero-order valence-electron chi connectivity index (χ0n) is 11.9. The van der Waals surface area contributed by atoms with E-state index in [0.29, 0.717) is 12.0 Å². The molecule has 2 rings (SSSR count). The van der Waals surface area contributed by atoms with Crippen LogP contribution in [0.1, 0.15) is 36.0 Å². The number of aromatic nitrogens is 1. The molecular formula is C16H22N2S. The number of thiazole rings is 1. The lowest BCUT2D eigenvalue weighted by Gasteiger charge is -2.18. The molecule has 1 heterocycles. The third-order valence-corrected chi connectivity index (χ3v) is 4.12. The highest BCUT2D eigenvalue weighted by Gasteiger charge is 2.14. The third kappa shape index (κ3) is 4.44. The summed E-state index contributed by atoms with van der Waals surface area (Å²) in [5, 5.41) is 6.91. The fourth-order valence-corrected chi connectivity index (χ4v) is 2.97. The van der Waals surface area contributed by atoms with Crippen LogP contribution in [-0.2, 0) is 6.42 Å². The van der Waals surface area contributed by atoms with Gasteiger partial charge in [0.2, 0.25) is 0 Å². The van der Waals surface area contributed by atoms with Gasteiger partial charge in [-0.05, 0) is 12.5 Å². The molecule has 1 aromatic carbocycles. The van der Waals surface area contributed by atoms with E-state index in [1.54, 1.807) is 11.3 Å². The molecule has 3 heteroatoms. The van der Waals surface area contributed by atoms with Gasteiger partial charge in [0.1, 0.15) is 0 Å². The molecule has 0 amide bonds. The topological polar surface area (TPSA) is 24.9 Å². The van der Waals surface area contributed by atoms with E-state index in [4.69, 9.17) is 0 Å². The Morgan fingerprint density at radius 2 is 1.95 bits per heavy atom. The number of aryl methyl sites for hydroxylation is 1. The molecule has 0 saturated carbocycles. The average molecular weight is 274 g/mol. The largest absolute Gasteiger partial charge is 0.314 e. The standard InChI is InChI=1S/C16H22N2S/c1-12(2)17-10-15(14-7-5-4-6-8-14)9-16-18-13(3)11-19-16/h4-8,11-12,15,17H,9-10H2,1-3H3. The molecule has 0 radical (unpaired) electrons. The van der Waals surface area contributed by atoms with Crippen molar-refractivity contribution in [2.45, 2.75) is 39.2 Å². The molecule has 102 valence electrons. The second-order valence-electron chi connectivity index (χ2n) is 5.26. The lowest BCUT2D eigenvalue weighted by atomic mass is 9.95. The summed E-state index contributed by atoms with van der Waals surface area (Å²) in [4.78, 5) is 4.59. The maximum atomic E-state index is 4.59. The van der Waals surface area contributed by atoms with Gasteiger partial charge in [-0.15, -0.1) is 11.3 Å². The van der Waals surface area contributed by atoms with Crippen molar-refractivity contribution in [3.05, 3.63) is 52.0 Å². The Hall–Kier alpha value is -1.19. The van der Waals surface area contributed by atoms with Gasteiger partial charge in [-0.3, -0.25) is 0 Å². The van der Waals surface area contributed by atoms with Crippen molar-refractivity contribution in [3.63, 3.8) is 0 Å². The summed E-state index contributed by atoms with van der Waals surface area (Å²) in [6.45, 7) is 7.44. The molecular weight excluding hydrogens is 252 g/mol. The minimum atomic E-state index is 0.495. The summed E-state index contributed by atoms with van der Waals surface area (Å²) in [6.07, 6.45) is 1.02. The van der Waals surface area contributed by atoms with E-state index in [2.05, 4.69) is 66.8 Å². The predicted octanol–water partition coefficient (Wildman–Crippen LogP) is 3.78. The Bertz CT molecular complexity index is 490. The normalized spacial score (nSPS) is 12.8. The highest BCUT2D eigenvalue weighted by atomic mass is 32.1. The molecule has 0 aliphatic heterocycles. The summed E-state index contributed by atoms with van der Waals surface area (Å²) in [6, 6.07) is 11.3. The van der Waals surface area contributed by atoms with E-state index in [-0.39, 0.29) is 0 Å². The first kappa shape index (κ1) is 14.2. The van der Waals surface area contributed by atoms with E-state index < -0.39 is 0 Å². The first-order chi connectivity index (χ1) is 9.15. The molecule has 0 aliphatic rings. The molecule has 1 aromatic heterocycles. The summed E-state index contributed by atoms with van der Waals surface area (Å²) in [5.74, 6) is 0.495. The Morgan fingerprint density at radius 1 is 1.21 bits per heavy atom. The van der Waals surface area contributed by atoms with Crippen LogP contribution in [0.15, 0.2) is 35.7 Å². The van der Waals surface area contributed by atoms with Gasteiger partial charge in [-0.1, -0.05) is 44.2 Å². The van der Waals surface area contributed by atoms with Crippen LogP contribution in [0.2, 0.25) is 0 Å². The minimum Gasteiger partial charge on any atom is -0.314 e. The summed E-state index contributed by atoms with van der Waals surface area (Å²) in [7, 11) is 0. The van der Waals surface area contributed by atoms with Gasteiger partial charge in [-0.25, -0.2) is 4.98 Å². The summed E-state index contributed by atoms with van der Waals surface area (Å²) >= 11 is 1.77. The van der Waals surface area contributed by atoms with Gasteiger partial charge >= 0.3 is 0 Å². The lowest BCUT2D eigenvalue weighted by molar-refractivity contribution is 0.526. The maximum Gasteiger partial charge on any atom is 0.0934 e. The molecule has 0 aliphatic carbocycles. The van der Waals surface area contributed by atoms with Gasteiger partial charge in [-0.2, -0.15) is 0 Å². The van der Waals surface area contributed by atoms with E-state index in [0.717, 1.165) is 18.7 Å². The monoisotopic (exact) mass is 274 g/mol. The van der Waals surface area contributed by atoms with E-state index in [1.165, 1.54) is 10.6 Å². The van der Waals surface area contributed by atoms with Gasteiger partial charge < -0.3 is 5.32 Å². The van der Waals surface area contributed by atoms with Crippen LogP contribution < -0.4 is 5.32 Å². The quantitative estimate of drug-likeness (QED) is 0.867. The van der Waals surface area contributed by atoms with Crippen LogP contribution in [0.3, 0.4) is 0 Å². The van der Waals surface area contributed by atoms with Crippen molar-refractivity contribution >= 4 is 11.3 Å². The van der Waals surface area contributed by atoms with E-state index in [9.17, 15) is 0 Å². The molecule has 0 bridgehead atoms. The second-order valence-corrected chi connectivity index (χ2v) is 6.20. The highest BCUT2D eigenvalue weighted by Crippen LogP contribution is 2.22. The Morgan fingerprint density at radius 3 is 2.53 bits per heavy atom. The van der Waals surface area contributed by atoms with Crippen LogP contribution in [0.25, 0.3) is 0 Å². The number of benzene rings is 1. The first-order valence-corrected chi connectivity index (χ1v) is 7.72. The lowest BCUT2D eigenvalue weighted by Crippen LogP contribution is -2.28. The van der Waals surface area contributed by atoms with Crippen LogP contribution in [0.4, 0.5) is 0 Å². The maximum absolute atomic E-state index is 4.59. The van der Waals surface area contributed by atoms with E-state index in [1.807, 2.05) is 0 Å². The third-order valence-electron chi connectivity index (χ3n) is 3.13. The molecule has 1 atom stereocenters. The van der Waals surface area contributed by atoms with Crippen LogP contribution in [0, 0.1) is 6.92 Å². The van der Waals surface area contributed by atoms with Crippen LogP contribution >= 0.6 is 11.3 Å². The van der Waals surface area contributed by atoms with Crippen molar-refractivity contribution in [2.75, 3.05) is 6.54 Å². The molecule has 0 saturated heterocycles. The zero-order valence-corrected chi connectivity index (χ0v) is 12.7. The molecule has 2 nitrogen and oxygen atoms in total. The molecule has 19 heavy (non-hydrogen) atoms. The molecule has 2 aromatic rings. The van der Waals surface area contributed by atoms with Crippen molar-refractivity contribution in [3.8, 4) is 0 Å². The van der Waals surface area contributed by atoms with Crippen LogP contribution in [-0.4, -0.2) is 17.6 Å². The molecule has 1 unspecified atom stereocenters. The van der Waals surface area contributed by atoms with Crippen molar-refractivity contribution in [2.24, 2.45) is 0 Å². The Balaban J connectivity index is 2.10. The highest BCUT2D eigenvalue weighted by molar-refractivity contribution is 7.09. The SMILES string of the molecule is Cc1csc(CC(CNC(C)C)c2ccccc2)n1. The fraction of sp³-hybridized carbons (Fsp3) is 0.438. The van der Waals surface area contributed by atoms with Gasteiger partial charge in [0.25, 0.3) is 0 Å². The van der Waals surface area contributed by atoms with E-state index >= 15 is 0 Å². The van der Waals surface area contributed by atoms with Gasteiger partial charge in [0.15, 0.2) is 0 Å². The first-order valence-electron chi connectivity index (χ1n) is 6.84. The predicted molar refractivity (Wildman–Crippen MR) is 82.9 cm³/mol. The van der Waals surface area contributed by atoms with Crippen LogP contribution in [0.5, 0.6) is 0 Å². The van der Waals surface area contributed by atoms with Gasteiger partial charge in [0.05, 0.1) is 5.01 Å². The molecule has 0 fully saturated rings. The average Bonchev–Trinajstić information content (AvgIpc) is 2.81. The Kier molecular flexibility index (Phi) is 5.11. The Labute approximate surface area is 119 Å². The number of rotatable bonds is 6. The number of nitrogens with zero attached hydrogens (tertiary/aromatic N) is 1. The zero-order chi connectivity index (χ0) is 13.7. The number of hydrogen-bond donors (Lipinski definition) is 1. The number of nitrogens with one attached hydrogen (secondary N) is 1. The summed E-state index contributed by atoms with van der Waals surface area (Å²) in [5.41, 5.74) is 2.52. The molecule has 1 N–H and O–H groups in total. The minimum absolute atomic E-state index is 0.495. The summed E-state index contributed by atoms with van der Waals surface area (Å²) < 4.78 is 0.